The molecule has 1 heterocycles. The van der Waals surface area contributed by atoms with E-state index in [4.69, 9.17) is 4.74 Å². The lowest BCUT2D eigenvalue weighted by atomic mass is 10.1. The number of thioether (sulfide) groups is 1. The average molecular weight is 377 g/mol. The van der Waals surface area contributed by atoms with Gasteiger partial charge >= 0.3 is 0 Å². The smallest absolute Gasteiger partial charge is 0.226 e. The first-order valence-electron chi connectivity index (χ1n) is 7.69. The first-order chi connectivity index (χ1) is 12.1. The van der Waals surface area contributed by atoms with Crippen molar-refractivity contribution in [2.45, 2.75) is 24.1 Å². The van der Waals surface area contributed by atoms with Crippen molar-refractivity contribution in [3.63, 3.8) is 0 Å². The molecule has 1 N–H and O–H groups in total. The van der Waals surface area contributed by atoms with Crippen LogP contribution in [0, 0.1) is 0 Å². The van der Waals surface area contributed by atoms with Crippen LogP contribution in [-0.2, 0) is 4.79 Å². The van der Waals surface area contributed by atoms with Gasteiger partial charge in [-0.15, -0.1) is 16.8 Å². The van der Waals surface area contributed by atoms with Gasteiger partial charge in [-0.1, -0.05) is 29.2 Å². The van der Waals surface area contributed by atoms with Gasteiger partial charge in [0.1, 0.15) is 5.75 Å². The number of benzene rings is 1. The number of aromatic nitrogens is 2. The molecule has 2 rings (SSSR count). The van der Waals surface area contributed by atoms with Gasteiger partial charge in [-0.25, -0.2) is 0 Å². The maximum Gasteiger partial charge on any atom is 0.226 e. The van der Waals surface area contributed by atoms with Gasteiger partial charge in [-0.05, 0) is 37.6 Å². The van der Waals surface area contributed by atoms with Crippen LogP contribution >= 0.6 is 23.1 Å². The van der Waals surface area contributed by atoms with E-state index in [1.54, 1.807) is 30.3 Å². The lowest BCUT2D eigenvalue weighted by Crippen LogP contribution is -2.12. The van der Waals surface area contributed by atoms with Crippen LogP contribution in [0.2, 0.25) is 0 Å². The molecule has 0 atom stereocenters. The van der Waals surface area contributed by atoms with E-state index in [0.717, 1.165) is 10.1 Å². The van der Waals surface area contributed by atoms with E-state index in [-0.39, 0.29) is 11.7 Å². The minimum absolute atomic E-state index is 0.0194. The predicted octanol–water partition coefficient (Wildman–Crippen LogP) is 3.82. The zero-order valence-corrected chi connectivity index (χ0v) is 15.5. The highest BCUT2D eigenvalue weighted by atomic mass is 32.2. The molecule has 0 aliphatic carbocycles. The van der Waals surface area contributed by atoms with Crippen LogP contribution in [0.1, 0.15) is 30.1 Å². The van der Waals surface area contributed by atoms with Crippen molar-refractivity contribution in [3.05, 3.63) is 42.5 Å². The summed E-state index contributed by atoms with van der Waals surface area (Å²) in [5, 5.41) is 11.1. The quantitative estimate of drug-likeness (QED) is 0.223. The highest BCUT2D eigenvalue weighted by molar-refractivity contribution is 8.01. The number of amides is 1. The fourth-order valence-corrected chi connectivity index (χ4v) is 3.37. The first-order valence-corrected chi connectivity index (χ1v) is 9.49. The van der Waals surface area contributed by atoms with Crippen molar-refractivity contribution in [2.24, 2.45) is 0 Å². The summed E-state index contributed by atoms with van der Waals surface area (Å²) in [4.78, 5) is 23.1. The lowest BCUT2D eigenvalue weighted by Gasteiger charge is -2.06. The number of hydrogen-bond donors (Lipinski definition) is 1. The second-order valence-corrected chi connectivity index (χ2v) is 7.30. The molecule has 0 aliphatic heterocycles. The van der Waals surface area contributed by atoms with Gasteiger partial charge in [0, 0.05) is 17.7 Å². The van der Waals surface area contributed by atoms with E-state index in [1.807, 2.05) is 0 Å². The fraction of sp³-hybridized carbons (Fsp3) is 0.294. The van der Waals surface area contributed by atoms with E-state index < -0.39 is 0 Å². The van der Waals surface area contributed by atoms with Gasteiger partial charge in [-0.2, -0.15) is 0 Å². The van der Waals surface area contributed by atoms with Gasteiger partial charge in [-0.3, -0.25) is 9.59 Å². The number of hydrogen-bond acceptors (Lipinski definition) is 7. The van der Waals surface area contributed by atoms with Crippen LogP contribution in [-0.4, -0.2) is 34.2 Å². The number of nitrogens with zero attached hydrogens (tertiary/aromatic N) is 2. The maximum atomic E-state index is 11.9. The van der Waals surface area contributed by atoms with E-state index in [9.17, 15) is 9.59 Å². The Morgan fingerprint density at radius 3 is 2.76 bits per heavy atom. The van der Waals surface area contributed by atoms with Crippen LogP contribution in [0.25, 0.3) is 0 Å². The van der Waals surface area contributed by atoms with Crippen LogP contribution in [0.5, 0.6) is 5.75 Å². The Bertz CT molecular complexity index is 729. The molecule has 6 nitrogen and oxygen atoms in total. The van der Waals surface area contributed by atoms with Crippen LogP contribution in [0.4, 0.5) is 5.13 Å². The van der Waals surface area contributed by atoms with E-state index in [0.29, 0.717) is 35.9 Å². The highest BCUT2D eigenvalue weighted by Crippen LogP contribution is 2.25. The van der Waals surface area contributed by atoms with E-state index in [2.05, 4.69) is 22.1 Å². The summed E-state index contributed by atoms with van der Waals surface area (Å²) in [6.07, 6.45) is 2.70. The Hall–Kier alpha value is -2.19. The zero-order chi connectivity index (χ0) is 18.1. The summed E-state index contributed by atoms with van der Waals surface area (Å²) in [5.41, 5.74) is 0.648. The minimum atomic E-state index is -0.119. The number of nitrogens with one attached hydrogen (secondary N) is 1. The molecule has 0 saturated heterocycles. The minimum Gasteiger partial charge on any atom is -0.494 e. The molecule has 0 bridgehead atoms. The molecule has 0 radical (unpaired) electrons. The van der Waals surface area contributed by atoms with Crippen molar-refractivity contribution >= 4 is 39.9 Å². The van der Waals surface area contributed by atoms with Crippen LogP contribution < -0.4 is 10.1 Å². The number of anilines is 1. The monoisotopic (exact) mass is 377 g/mol. The molecular formula is C17H19N3O3S2. The molecule has 0 fully saturated rings. The first kappa shape index (κ1) is 19.1. The topological polar surface area (TPSA) is 81.2 Å². The fourth-order valence-electron chi connectivity index (χ4n) is 1.84. The maximum absolute atomic E-state index is 11.9. The Balaban J connectivity index is 1.67. The molecule has 1 aromatic carbocycles. The normalized spacial score (nSPS) is 10.3. The van der Waals surface area contributed by atoms with E-state index >= 15 is 0 Å². The number of ketones is 1. The molecule has 0 spiro atoms. The van der Waals surface area contributed by atoms with Gasteiger partial charge in [0.25, 0.3) is 0 Å². The summed E-state index contributed by atoms with van der Waals surface area (Å²) in [5.74, 6) is 1.34. The van der Waals surface area contributed by atoms with Crippen molar-refractivity contribution in [2.75, 3.05) is 17.7 Å². The Morgan fingerprint density at radius 1 is 1.32 bits per heavy atom. The zero-order valence-electron chi connectivity index (χ0n) is 13.9. The molecule has 0 unspecified atom stereocenters. The number of rotatable bonds is 10. The number of carbonyl (C=O) groups is 2. The number of Topliss-reactive ketones (excluding diaryl/α,β-unsaturated/α-hetero) is 1. The molecule has 2 aromatic rings. The molecule has 1 amide bonds. The second-order valence-electron chi connectivity index (χ2n) is 5.05. The van der Waals surface area contributed by atoms with Crippen molar-refractivity contribution in [1.82, 2.24) is 10.2 Å². The van der Waals surface area contributed by atoms with Crippen LogP contribution in [0.3, 0.4) is 0 Å². The average Bonchev–Trinajstić information content (AvgIpc) is 3.04. The van der Waals surface area contributed by atoms with Gasteiger partial charge in [0.15, 0.2) is 10.1 Å². The van der Waals surface area contributed by atoms with E-state index in [1.165, 1.54) is 30.0 Å². The summed E-state index contributed by atoms with van der Waals surface area (Å²) in [6.45, 7) is 5.59. The summed E-state index contributed by atoms with van der Waals surface area (Å²) >= 11 is 2.87. The molecule has 0 saturated carbocycles. The standard InChI is InChI=1S/C17H19N3O3S2/c1-3-11-24-17-20-19-16(25-17)18-15(22)5-4-10-23-14-8-6-13(7-9-14)12(2)21/h3,6-9H,1,4-5,10-11H2,2H3,(H,18,19,22). The summed E-state index contributed by atoms with van der Waals surface area (Å²) < 4.78 is 6.36. The molecular weight excluding hydrogens is 358 g/mol. The third-order valence-electron chi connectivity index (χ3n) is 3.06. The Morgan fingerprint density at radius 2 is 2.08 bits per heavy atom. The molecule has 25 heavy (non-hydrogen) atoms. The van der Waals surface area contributed by atoms with Gasteiger partial charge in [0.2, 0.25) is 11.0 Å². The summed E-state index contributed by atoms with van der Waals surface area (Å²) in [7, 11) is 0. The van der Waals surface area contributed by atoms with Gasteiger partial charge in [0.05, 0.1) is 6.61 Å². The third kappa shape index (κ3) is 6.67. The SMILES string of the molecule is C=CCSc1nnc(NC(=O)CCCOc2ccc(C(C)=O)cc2)s1. The molecule has 0 aliphatic rings. The lowest BCUT2D eigenvalue weighted by molar-refractivity contribution is -0.116. The van der Waals surface area contributed by atoms with Gasteiger partial charge < -0.3 is 10.1 Å². The Labute approximate surface area is 154 Å². The molecule has 132 valence electrons. The second kappa shape index (κ2) is 9.95. The Kier molecular flexibility index (Phi) is 7.62. The largest absolute Gasteiger partial charge is 0.494 e. The number of carbonyl (C=O) groups excluding carboxylic acids is 2. The third-order valence-corrected chi connectivity index (χ3v) is 5.02. The van der Waals surface area contributed by atoms with Crippen LogP contribution in [0.15, 0.2) is 41.3 Å². The van der Waals surface area contributed by atoms with Crippen molar-refractivity contribution < 1.29 is 14.3 Å². The van der Waals surface area contributed by atoms with Crippen molar-refractivity contribution in [3.8, 4) is 5.75 Å². The number of ether oxygens (including phenoxy) is 1. The highest BCUT2D eigenvalue weighted by Gasteiger charge is 2.08. The molecule has 8 heteroatoms. The summed E-state index contributed by atoms with van der Waals surface area (Å²) in [6, 6.07) is 6.95. The predicted molar refractivity (Wildman–Crippen MR) is 101 cm³/mol. The molecule has 1 aromatic heterocycles. The van der Waals surface area contributed by atoms with Crippen molar-refractivity contribution in [1.29, 1.82) is 0 Å².